The van der Waals surface area contributed by atoms with E-state index in [0.29, 0.717) is 34.9 Å². The van der Waals surface area contributed by atoms with Gasteiger partial charge in [-0.15, -0.1) is 0 Å². The number of amides is 2. The summed E-state index contributed by atoms with van der Waals surface area (Å²) in [4.78, 5) is 25.0. The minimum Gasteiger partial charge on any atom is -0.493 e. The maximum absolute atomic E-state index is 12.7. The number of hydrogen-bond donors (Lipinski definition) is 2. The Morgan fingerprint density at radius 3 is 2.39 bits per heavy atom. The highest BCUT2D eigenvalue weighted by Crippen LogP contribution is 2.29. The first-order valence-corrected chi connectivity index (χ1v) is 10.2. The molecule has 0 unspecified atom stereocenters. The number of ether oxygens (including phenoxy) is 2. The van der Waals surface area contributed by atoms with Gasteiger partial charge in [-0.25, -0.2) is 0 Å². The van der Waals surface area contributed by atoms with E-state index in [0.717, 1.165) is 18.4 Å². The lowest BCUT2D eigenvalue weighted by molar-refractivity contribution is 0.0949. The van der Waals surface area contributed by atoms with E-state index >= 15 is 0 Å². The van der Waals surface area contributed by atoms with Gasteiger partial charge in [0.1, 0.15) is 6.61 Å². The summed E-state index contributed by atoms with van der Waals surface area (Å²) in [5.41, 5.74) is 2.54. The van der Waals surface area contributed by atoms with Crippen molar-refractivity contribution in [3.63, 3.8) is 0 Å². The van der Waals surface area contributed by atoms with Gasteiger partial charge in [-0.05, 0) is 54.8 Å². The molecule has 0 heterocycles. The molecule has 0 spiro atoms. The lowest BCUT2D eigenvalue weighted by atomic mass is 10.1. The third-order valence-corrected chi connectivity index (χ3v) is 4.96. The zero-order valence-electron chi connectivity index (χ0n) is 17.3. The van der Waals surface area contributed by atoms with Gasteiger partial charge in [0, 0.05) is 22.9 Å². The van der Waals surface area contributed by atoms with Crippen LogP contribution in [0.15, 0.2) is 72.8 Å². The largest absolute Gasteiger partial charge is 0.493 e. The lowest BCUT2D eigenvalue weighted by Gasteiger charge is -2.13. The molecule has 1 aliphatic carbocycles. The molecule has 1 saturated carbocycles. The van der Waals surface area contributed by atoms with Gasteiger partial charge in [-0.3, -0.25) is 9.59 Å². The van der Waals surface area contributed by atoms with Crippen LogP contribution in [0.2, 0.25) is 0 Å². The summed E-state index contributed by atoms with van der Waals surface area (Å²) in [6, 6.07) is 22.0. The van der Waals surface area contributed by atoms with Gasteiger partial charge in [-0.2, -0.15) is 0 Å². The maximum Gasteiger partial charge on any atom is 0.255 e. The van der Waals surface area contributed by atoms with Crippen molar-refractivity contribution in [2.75, 3.05) is 12.4 Å². The molecule has 2 amide bonds. The topological polar surface area (TPSA) is 76.7 Å². The molecule has 1 fully saturated rings. The fourth-order valence-electron chi connectivity index (χ4n) is 3.10. The molecule has 158 valence electrons. The van der Waals surface area contributed by atoms with E-state index in [4.69, 9.17) is 9.47 Å². The number of benzene rings is 3. The highest BCUT2D eigenvalue weighted by Gasteiger charge is 2.23. The Morgan fingerprint density at radius 1 is 0.871 bits per heavy atom. The first kappa shape index (κ1) is 20.5. The first-order valence-electron chi connectivity index (χ1n) is 10.2. The molecule has 31 heavy (non-hydrogen) atoms. The second-order valence-electron chi connectivity index (χ2n) is 7.42. The van der Waals surface area contributed by atoms with Crippen LogP contribution in [-0.4, -0.2) is 25.0 Å². The third kappa shape index (κ3) is 5.42. The monoisotopic (exact) mass is 416 g/mol. The van der Waals surface area contributed by atoms with Crippen LogP contribution >= 0.6 is 0 Å². The van der Waals surface area contributed by atoms with Crippen LogP contribution < -0.4 is 20.1 Å². The van der Waals surface area contributed by atoms with Crippen molar-refractivity contribution >= 4 is 17.5 Å². The number of nitrogens with one attached hydrogen (secondary N) is 2. The molecular formula is C25H24N2O4. The fourth-order valence-corrected chi connectivity index (χ4v) is 3.10. The Hall–Kier alpha value is -3.80. The number of carbonyl (C=O) groups excluding carboxylic acids is 2. The van der Waals surface area contributed by atoms with Gasteiger partial charge < -0.3 is 20.1 Å². The number of rotatable bonds is 8. The average Bonchev–Trinajstić information content (AvgIpc) is 3.62. The summed E-state index contributed by atoms with van der Waals surface area (Å²) in [6.45, 7) is 0.401. The van der Waals surface area contributed by atoms with Crippen LogP contribution in [-0.2, 0) is 6.61 Å². The Balaban J connectivity index is 1.43. The minimum absolute atomic E-state index is 0.125. The maximum atomic E-state index is 12.7. The summed E-state index contributed by atoms with van der Waals surface area (Å²) in [7, 11) is 1.54. The van der Waals surface area contributed by atoms with Crippen molar-refractivity contribution < 1.29 is 19.1 Å². The predicted molar refractivity (Wildman–Crippen MR) is 119 cm³/mol. The summed E-state index contributed by atoms with van der Waals surface area (Å²) in [5, 5.41) is 5.78. The van der Waals surface area contributed by atoms with Gasteiger partial charge in [0.05, 0.1) is 7.11 Å². The van der Waals surface area contributed by atoms with Crippen molar-refractivity contribution in [3.8, 4) is 11.5 Å². The van der Waals surface area contributed by atoms with Gasteiger partial charge >= 0.3 is 0 Å². The van der Waals surface area contributed by atoms with Crippen LogP contribution in [0.25, 0.3) is 0 Å². The molecule has 0 bridgehead atoms. The van der Waals surface area contributed by atoms with Crippen LogP contribution in [0.4, 0.5) is 5.69 Å². The average molecular weight is 416 g/mol. The van der Waals surface area contributed by atoms with Crippen molar-refractivity contribution in [2.45, 2.75) is 25.5 Å². The fraction of sp³-hybridized carbons (Fsp3) is 0.200. The summed E-state index contributed by atoms with van der Waals surface area (Å²) < 4.78 is 11.3. The van der Waals surface area contributed by atoms with E-state index in [9.17, 15) is 9.59 Å². The second kappa shape index (κ2) is 9.34. The number of hydrogen-bond acceptors (Lipinski definition) is 4. The second-order valence-corrected chi connectivity index (χ2v) is 7.42. The predicted octanol–water partition coefficient (Wildman–Crippen LogP) is 4.42. The van der Waals surface area contributed by atoms with Gasteiger partial charge in [0.25, 0.3) is 11.8 Å². The van der Waals surface area contributed by atoms with E-state index in [1.807, 2.05) is 30.3 Å². The van der Waals surface area contributed by atoms with Gasteiger partial charge in [0.2, 0.25) is 0 Å². The van der Waals surface area contributed by atoms with Crippen molar-refractivity contribution in [2.24, 2.45) is 0 Å². The normalized spacial score (nSPS) is 12.7. The van der Waals surface area contributed by atoms with E-state index in [1.54, 1.807) is 42.5 Å². The molecule has 1 aliphatic rings. The molecule has 0 aromatic heterocycles. The summed E-state index contributed by atoms with van der Waals surface area (Å²) in [5.74, 6) is 0.607. The van der Waals surface area contributed by atoms with Crippen LogP contribution in [0, 0.1) is 0 Å². The molecule has 0 radical (unpaired) electrons. The zero-order valence-corrected chi connectivity index (χ0v) is 17.3. The third-order valence-electron chi connectivity index (χ3n) is 4.96. The smallest absolute Gasteiger partial charge is 0.255 e. The van der Waals surface area contributed by atoms with Crippen molar-refractivity contribution in [1.29, 1.82) is 0 Å². The molecule has 2 N–H and O–H groups in total. The lowest BCUT2D eigenvalue weighted by Crippen LogP contribution is -2.25. The quantitative estimate of drug-likeness (QED) is 0.570. The highest BCUT2D eigenvalue weighted by atomic mass is 16.5. The Bertz CT molecular complexity index is 1080. The molecule has 4 rings (SSSR count). The molecule has 6 heteroatoms. The molecule has 3 aromatic rings. The van der Waals surface area contributed by atoms with Gasteiger partial charge in [0.15, 0.2) is 11.5 Å². The van der Waals surface area contributed by atoms with Crippen molar-refractivity contribution in [3.05, 3.63) is 89.5 Å². The van der Waals surface area contributed by atoms with E-state index in [1.165, 1.54) is 7.11 Å². The molecule has 0 atom stereocenters. The molecular weight excluding hydrogens is 392 g/mol. The standard InChI is InChI=1S/C25H24N2O4/c1-30-23-15-19(10-13-22(23)31-16-17-6-3-2-4-7-17)25(29)27-21-9-5-8-18(14-21)24(28)26-20-11-12-20/h2-10,13-15,20H,11-12,16H2,1H3,(H,26,28)(H,27,29). The SMILES string of the molecule is COc1cc(C(=O)Nc2cccc(C(=O)NC3CC3)c2)ccc1OCc1ccccc1. The van der Waals surface area contributed by atoms with Crippen LogP contribution in [0.3, 0.4) is 0 Å². The van der Waals surface area contributed by atoms with Crippen LogP contribution in [0.5, 0.6) is 11.5 Å². The Labute approximate surface area is 181 Å². The highest BCUT2D eigenvalue weighted by molar-refractivity contribution is 6.05. The number of methoxy groups -OCH3 is 1. The molecule has 0 aliphatic heterocycles. The molecule has 3 aromatic carbocycles. The van der Waals surface area contributed by atoms with Gasteiger partial charge in [-0.1, -0.05) is 36.4 Å². The number of carbonyl (C=O) groups is 2. The first-order chi connectivity index (χ1) is 15.1. The Morgan fingerprint density at radius 2 is 1.65 bits per heavy atom. The summed E-state index contributed by atoms with van der Waals surface area (Å²) >= 11 is 0. The van der Waals surface area contributed by atoms with E-state index < -0.39 is 0 Å². The van der Waals surface area contributed by atoms with E-state index in [2.05, 4.69) is 10.6 Å². The summed E-state index contributed by atoms with van der Waals surface area (Å²) in [6.07, 6.45) is 2.05. The molecule has 6 nitrogen and oxygen atoms in total. The molecule has 0 saturated heterocycles. The Kier molecular flexibility index (Phi) is 6.17. The number of anilines is 1. The zero-order chi connectivity index (χ0) is 21.6. The van der Waals surface area contributed by atoms with E-state index in [-0.39, 0.29) is 17.9 Å². The van der Waals surface area contributed by atoms with Crippen LogP contribution in [0.1, 0.15) is 39.1 Å². The van der Waals surface area contributed by atoms with Crippen molar-refractivity contribution in [1.82, 2.24) is 5.32 Å². The minimum atomic E-state index is -0.298.